The quantitative estimate of drug-likeness (QED) is 0.309. The van der Waals surface area contributed by atoms with Gasteiger partial charge in [0.1, 0.15) is 5.66 Å². The molecule has 1 unspecified atom stereocenters. The number of carbonyl (C=O) groups excluding carboxylic acids is 1. The predicted octanol–water partition coefficient (Wildman–Crippen LogP) is 6.24. The first-order chi connectivity index (χ1) is 14.3. The molecule has 0 amide bonds. The molecule has 0 bridgehead atoms. The third-order valence-electron chi connectivity index (χ3n) is 5.37. The van der Waals surface area contributed by atoms with Crippen molar-refractivity contribution in [2.24, 2.45) is 0 Å². The molecular formula is C25H21O4P. The second-order valence-corrected chi connectivity index (χ2v) is 11.2. The molecule has 0 saturated carbocycles. The number of Topliss-reactive ketones (excluding diaryl/α,β-unsaturated/α-hetero) is 1. The average molecular weight is 416 g/mol. The Morgan fingerprint density at radius 1 is 0.767 bits per heavy atom. The van der Waals surface area contributed by atoms with E-state index in [1.54, 1.807) is 19.4 Å². The Hall–Kier alpha value is -3.23. The Morgan fingerprint density at radius 3 is 1.90 bits per heavy atom. The van der Waals surface area contributed by atoms with E-state index in [2.05, 4.69) is 0 Å². The van der Waals surface area contributed by atoms with Gasteiger partial charge in [0.2, 0.25) is 0 Å². The zero-order valence-electron chi connectivity index (χ0n) is 16.7. The van der Waals surface area contributed by atoms with Gasteiger partial charge < -0.3 is 9.67 Å². The lowest BCUT2D eigenvalue weighted by Crippen LogP contribution is -2.17. The summed E-state index contributed by atoms with van der Waals surface area (Å²) in [6.07, 6.45) is 0. The highest BCUT2D eigenvalue weighted by Crippen LogP contribution is 2.55. The number of carboxylic acids is 1. The zero-order valence-corrected chi connectivity index (χ0v) is 17.6. The van der Waals surface area contributed by atoms with Crippen molar-refractivity contribution in [2.45, 2.75) is 5.66 Å². The van der Waals surface area contributed by atoms with Crippen LogP contribution in [0.2, 0.25) is 0 Å². The van der Waals surface area contributed by atoms with Gasteiger partial charge >= 0.3 is 5.97 Å². The van der Waals surface area contributed by atoms with Crippen LogP contribution >= 0.6 is 7.14 Å². The van der Waals surface area contributed by atoms with E-state index in [0.717, 1.165) is 21.5 Å². The minimum atomic E-state index is -2.98. The van der Waals surface area contributed by atoms with E-state index in [0.29, 0.717) is 5.56 Å². The molecule has 5 heteroatoms. The maximum Gasteiger partial charge on any atom is 0.336 e. The summed E-state index contributed by atoms with van der Waals surface area (Å²) in [7, 11) is -2.98. The van der Waals surface area contributed by atoms with Gasteiger partial charge in [-0.05, 0) is 52.6 Å². The van der Waals surface area contributed by atoms with Crippen molar-refractivity contribution in [1.29, 1.82) is 0 Å². The molecule has 1 atom stereocenters. The van der Waals surface area contributed by atoms with Gasteiger partial charge in [0.05, 0.1) is 12.7 Å². The van der Waals surface area contributed by atoms with Crippen LogP contribution in [0.25, 0.3) is 21.5 Å². The molecule has 0 aliphatic heterocycles. The average Bonchev–Trinajstić information content (AvgIpc) is 2.72. The third kappa shape index (κ3) is 3.55. The number of carboxylic acid groups (broad SMARTS) is 1. The number of ketones is 1. The molecule has 4 rings (SSSR count). The maximum absolute atomic E-state index is 13.8. The molecule has 150 valence electrons. The molecule has 0 radical (unpaired) electrons. The van der Waals surface area contributed by atoms with Gasteiger partial charge in [0.15, 0.2) is 5.78 Å². The number of fused-ring (bicyclic) bond motifs is 2. The highest BCUT2D eigenvalue weighted by Gasteiger charge is 2.35. The van der Waals surface area contributed by atoms with E-state index in [9.17, 15) is 19.3 Å². The van der Waals surface area contributed by atoms with Crippen LogP contribution in [0.4, 0.5) is 0 Å². The molecule has 0 heterocycles. The fourth-order valence-electron chi connectivity index (χ4n) is 4.02. The maximum atomic E-state index is 13.8. The van der Waals surface area contributed by atoms with Gasteiger partial charge in [-0.1, -0.05) is 66.7 Å². The fraction of sp³-hybridized carbons (Fsp3) is 0.120. The molecule has 4 nitrogen and oxygen atoms in total. The molecule has 0 saturated heterocycles. The zero-order chi connectivity index (χ0) is 21.5. The van der Waals surface area contributed by atoms with Crippen LogP contribution in [0.15, 0.2) is 78.9 Å². The van der Waals surface area contributed by atoms with Gasteiger partial charge in [0.25, 0.3) is 0 Å². The van der Waals surface area contributed by atoms with E-state index >= 15 is 0 Å². The Morgan fingerprint density at radius 2 is 1.30 bits per heavy atom. The van der Waals surface area contributed by atoms with E-state index in [4.69, 9.17) is 0 Å². The number of hydrogen-bond acceptors (Lipinski definition) is 3. The highest BCUT2D eigenvalue weighted by atomic mass is 31.2. The van der Waals surface area contributed by atoms with E-state index < -0.39 is 24.6 Å². The lowest BCUT2D eigenvalue weighted by molar-refractivity contribution is 0.0692. The van der Waals surface area contributed by atoms with Crippen molar-refractivity contribution in [2.75, 3.05) is 13.3 Å². The van der Waals surface area contributed by atoms with Crippen LogP contribution in [0, 0.1) is 0 Å². The van der Waals surface area contributed by atoms with Crippen molar-refractivity contribution in [3.8, 4) is 0 Å². The lowest BCUT2D eigenvalue weighted by Gasteiger charge is -2.23. The summed E-state index contributed by atoms with van der Waals surface area (Å²) in [4.78, 5) is 25.7. The molecule has 1 N–H and O–H groups in total. The normalized spacial score (nSPS) is 12.7. The van der Waals surface area contributed by atoms with Gasteiger partial charge in [-0.25, -0.2) is 4.79 Å². The van der Waals surface area contributed by atoms with E-state index in [-0.39, 0.29) is 11.1 Å². The molecule has 0 aliphatic rings. The fourth-order valence-corrected chi connectivity index (χ4v) is 5.61. The smallest absolute Gasteiger partial charge is 0.336 e. The Bertz CT molecular complexity index is 1340. The minimum absolute atomic E-state index is 0.0719. The van der Waals surface area contributed by atoms with Crippen molar-refractivity contribution in [1.82, 2.24) is 0 Å². The molecule has 4 aromatic carbocycles. The van der Waals surface area contributed by atoms with Crippen LogP contribution in [-0.2, 0) is 4.57 Å². The topological polar surface area (TPSA) is 71.4 Å². The van der Waals surface area contributed by atoms with Crippen LogP contribution in [0.5, 0.6) is 0 Å². The number of benzene rings is 4. The van der Waals surface area contributed by atoms with Gasteiger partial charge in [-0.3, -0.25) is 4.79 Å². The Balaban J connectivity index is 1.98. The molecule has 0 aromatic heterocycles. The van der Waals surface area contributed by atoms with Gasteiger partial charge in [-0.2, -0.15) is 0 Å². The molecule has 0 aliphatic carbocycles. The SMILES string of the molecule is CP(C)(=O)C(C(=O)c1cc2ccccc2cc1C(=O)O)c1cccc2ccccc12. The monoisotopic (exact) mass is 416 g/mol. The highest BCUT2D eigenvalue weighted by molar-refractivity contribution is 7.63. The summed E-state index contributed by atoms with van der Waals surface area (Å²) in [5, 5.41) is 13.1. The first kappa shape index (κ1) is 20.1. The van der Waals surface area contributed by atoms with Gasteiger partial charge in [-0.15, -0.1) is 0 Å². The predicted molar refractivity (Wildman–Crippen MR) is 121 cm³/mol. The Kier molecular flexibility index (Phi) is 5.05. The van der Waals surface area contributed by atoms with Crippen LogP contribution < -0.4 is 0 Å². The molecule has 0 spiro atoms. The number of rotatable bonds is 5. The van der Waals surface area contributed by atoms with Crippen LogP contribution in [0.3, 0.4) is 0 Å². The van der Waals surface area contributed by atoms with E-state index in [1.807, 2.05) is 66.7 Å². The summed E-state index contributed by atoms with van der Waals surface area (Å²) in [6.45, 7) is 3.16. The molecule has 0 fully saturated rings. The van der Waals surface area contributed by atoms with Crippen molar-refractivity contribution in [3.63, 3.8) is 0 Å². The summed E-state index contributed by atoms with van der Waals surface area (Å²) >= 11 is 0. The second-order valence-electron chi connectivity index (χ2n) is 7.82. The van der Waals surface area contributed by atoms with Crippen LogP contribution in [0.1, 0.15) is 31.9 Å². The standard InChI is InChI=1S/C25H21O4P/c1-30(2,29)24(20-13-7-11-16-8-5-6-12-19(16)20)23(26)21-14-17-9-3-4-10-18(17)15-22(21)25(27)28/h3-15,24H,1-2H3,(H,27,28). The largest absolute Gasteiger partial charge is 0.478 e. The van der Waals surface area contributed by atoms with E-state index in [1.165, 1.54) is 6.07 Å². The lowest BCUT2D eigenvalue weighted by atomic mass is 9.93. The first-order valence-corrected chi connectivity index (χ1v) is 12.3. The second kappa shape index (κ2) is 7.55. The molecule has 4 aromatic rings. The first-order valence-electron chi connectivity index (χ1n) is 9.60. The third-order valence-corrected chi connectivity index (χ3v) is 7.13. The van der Waals surface area contributed by atoms with Crippen molar-refractivity contribution < 1.29 is 19.3 Å². The van der Waals surface area contributed by atoms with Crippen molar-refractivity contribution >= 4 is 40.4 Å². The van der Waals surface area contributed by atoms with Crippen molar-refractivity contribution in [3.05, 3.63) is 95.6 Å². The van der Waals surface area contributed by atoms with Gasteiger partial charge in [0, 0.05) is 5.56 Å². The number of aromatic carboxylic acids is 1. The minimum Gasteiger partial charge on any atom is -0.478 e. The summed E-state index contributed by atoms with van der Waals surface area (Å²) in [5.74, 6) is -1.61. The number of hydrogen-bond donors (Lipinski definition) is 1. The molecular weight excluding hydrogens is 395 g/mol. The summed E-state index contributed by atoms with van der Waals surface area (Å²) < 4.78 is 13.4. The van der Waals surface area contributed by atoms with Crippen LogP contribution in [-0.4, -0.2) is 30.2 Å². The Labute approximate surface area is 174 Å². The molecule has 30 heavy (non-hydrogen) atoms. The summed E-state index contributed by atoms with van der Waals surface area (Å²) in [5.41, 5.74) is -0.251. The summed E-state index contributed by atoms with van der Waals surface area (Å²) in [6, 6.07) is 23.6. The number of carbonyl (C=O) groups is 2.